The highest BCUT2D eigenvalue weighted by molar-refractivity contribution is 7.09. The largest absolute Gasteiger partial charge is 0.350 e. The van der Waals surface area contributed by atoms with Crippen molar-refractivity contribution in [2.45, 2.75) is 45.2 Å². The molecular formula is C17H24N4OS. The lowest BCUT2D eigenvalue weighted by Gasteiger charge is -2.35. The van der Waals surface area contributed by atoms with Gasteiger partial charge in [-0.25, -0.2) is 0 Å². The van der Waals surface area contributed by atoms with Gasteiger partial charge in [0, 0.05) is 23.0 Å². The molecule has 6 heteroatoms. The first-order valence-corrected chi connectivity index (χ1v) is 9.07. The van der Waals surface area contributed by atoms with E-state index in [1.165, 1.54) is 4.88 Å². The van der Waals surface area contributed by atoms with E-state index in [0.717, 1.165) is 37.3 Å². The molecule has 2 aromatic rings. The number of nitrogens with zero attached hydrogens (tertiary/aromatic N) is 2. The zero-order chi connectivity index (χ0) is 16.2. The fraction of sp³-hybridized carbons (Fsp3) is 0.529. The van der Waals surface area contributed by atoms with Gasteiger partial charge in [-0.15, -0.1) is 11.3 Å². The van der Waals surface area contributed by atoms with Gasteiger partial charge >= 0.3 is 0 Å². The number of rotatable bonds is 5. The van der Waals surface area contributed by atoms with Crippen molar-refractivity contribution in [2.75, 3.05) is 13.1 Å². The highest BCUT2D eigenvalue weighted by atomic mass is 32.1. The van der Waals surface area contributed by atoms with E-state index in [0.29, 0.717) is 12.5 Å². The first-order valence-electron chi connectivity index (χ1n) is 8.19. The molecule has 1 aliphatic rings. The topological polar surface area (TPSA) is 61.0 Å². The van der Waals surface area contributed by atoms with Crippen molar-refractivity contribution in [3.63, 3.8) is 0 Å². The highest BCUT2D eigenvalue weighted by Gasteiger charge is 2.29. The van der Waals surface area contributed by atoms with Crippen molar-refractivity contribution in [3.05, 3.63) is 39.8 Å². The van der Waals surface area contributed by atoms with Crippen LogP contribution in [0.1, 0.15) is 41.9 Å². The molecule has 0 bridgehead atoms. The summed E-state index contributed by atoms with van der Waals surface area (Å²) in [5.41, 5.74) is 2.22. The maximum Gasteiger partial charge on any atom is 0.237 e. The van der Waals surface area contributed by atoms with Crippen molar-refractivity contribution in [2.24, 2.45) is 0 Å². The smallest absolute Gasteiger partial charge is 0.237 e. The Morgan fingerprint density at radius 1 is 1.61 bits per heavy atom. The number of hydrogen-bond acceptors (Lipinski definition) is 4. The van der Waals surface area contributed by atoms with Crippen molar-refractivity contribution in [3.8, 4) is 0 Å². The molecule has 2 aromatic heterocycles. The number of piperidine rings is 1. The molecule has 0 aliphatic carbocycles. The van der Waals surface area contributed by atoms with Crippen LogP contribution >= 0.6 is 11.3 Å². The molecule has 1 saturated heterocycles. The number of likely N-dealkylation sites (tertiary alicyclic amines) is 1. The Balaban J connectivity index is 1.55. The predicted molar refractivity (Wildman–Crippen MR) is 92.5 cm³/mol. The van der Waals surface area contributed by atoms with Crippen LogP contribution in [0.4, 0.5) is 0 Å². The second-order valence-corrected chi connectivity index (χ2v) is 7.32. The fourth-order valence-corrected chi connectivity index (χ4v) is 3.79. The van der Waals surface area contributed by atoms with Crippen LogP contribution in [0.2, 0.25) is 0 Å². The molecular weight excluding hydrogens is 308 g/mol. The van der Waals surface area contributed by atoms with Crippen LogP contribution in [-0.4, -0.2) is 40.1 Å². The number of H-pyrrole nitrogens is 1. The molecule has 0 spiro atoms. The second-order valence-electron chi connectivity index (χ2n) is 6.28. The number of aromatic amines is 1. The zero-order valence-corrected chi connectivity index (χ0v) is 14.5. The van der Waals surface area contributed by atoms with Crippen LogP contribution < -0.4 is 5.32 Å². The van der Waals surface area contributed by atoms with E-state index in [-0.39, 0.29) is 11.9 Å². The van der Waals surface area contributed by atoms with E-state index < -0.39 is 0 Å². The van der Waals surface area contributed by atoms with Gasteiger partial charge in [0.15, 0.2) is 0 Å². The summed E-state index contributed by atoms with van der Waals surface area (Å²) in [6.45, 7) is 6.53. The van der Waals surface area contributed by atoms with Gasteiger partial charge in [-0.2, -0.15) is 5.10 Å². The van der Waals surface area contributed by atoms with Gasteiger partial charge in [0.25, 0.3) is 0 Å². The number of hydrogen-bond donors (Lipinski definition) is 2. The van der Waals surface area contributed by atoms with Crippen molar-refractivity contribution in [1.82, 2.24) is 20.4 Å². The van der Waals surface area contributed by atoms with Crippen LogP contribution in [0, 0.1) is 6.92 Å². The lowest BCUT2D eigenvalue weighted by atomic mass is 9.93. The predicted octanol–water partition coefficient (Wildman–Crippen LogP) is 2.66. The third kappa shape index (κ3) is 4.00. The van der Waals surface area contributed by atoms with Gasteiger partial charge in [0.2, 0.25) is 5.91 Å². The molecule has 23 heavy (non-hydrogen) atoms. The van der Waals surface area contributed by atoms with Gasteiger partial charge in [-0.05, 0) is 50.7 Å². The third-order valence-electron chi connectivity index (χ3n) is 4.54. The Labute approximate surface area is 141 Å². The summed E-state index contributed by atoms with van der Waals surface area (Å²) < 4.78 is 0. The SMILES string of the molecule is Cc1cc([C@@H]2CCCN([C@@H](C)C(=O)NCc3cccs3)C2)n[nH]1. The summed E-state index contributed by atoms with van der Waals surface area (Å²) in [6, 6.07) is 6.08. The lowest BCUT2D eigenvalue weighted by molar-refractivity contribution is -0.126. The zero-order valence-electron chi connectivity index (χ0n) is 13.7. The fourth-order valence-electron chi connectivity index (χ4n) is 3.15. The molecule has 2 N–H and O–H groups in total. The minimum absolute atomic E-state index is 0.0993. The molecule has 5 nitrogen and oxygen atoms in total. The maximum absolute atomic E-state index is 12.4. The number of carbonyl (C=O) groups is 1. The molecule has 1 aliphatic heterocycles. The highest BCUT2D eigenvalue weighted by Crippen LogP contribution is 2.27. The van der Waals surface area contributed by atoms with Gasteiger partial charge in [-0.1, -0.05) is 6.07 Å². The van der Waals surface area contributed by atoms with E-state index in [2.05, 4.69) is 26.5 Å². The average Bonchev–Trinajstić information content (AvgIpc) is 3.23. The standard InChI is InChI=1S/C17H24N4OS/c1-12-9-16(20-19-12)14-5-3-7-21(11-14)13(2)17(22)18-10-15-6-4-8-23-15/h4,6,8-9,13-14H,3,5,7,10-11H2,1-2H3,(H,18,22)(H,19,20)/t13-,14+/m0/s1. The molecule has 124 valence electrons. The second kappa shape index (κ2) is 7.27. The van der Waals surface area contributed by atoms with Gasteiger partial charge in [0.1, 0.15) is 0 Å². The summed E-state index contributed by atoms with van der Waals surface area (Å²) in [7, 11) is 0. The van der Waals surface area contributed by atoms with Crippen molar-refractivity contribution in [1.29, 1.82) is 0 Å². The summed E-state index contributed by atoms with van der Waals surface area (Å²) in [5, 5.41) is 12.5. The summed E-state index contributed by atoms with van der Waals surface area (Å²) in [4.78, 5) is 15.9. The molecule has 0 unspecified atom stereocenters. The maximum atomic E-state index is 12.4. The van der Waals surface area contributed by atoms with Crippen molar-refractivity contribution < 1.29 is 4.79 Å². The van der Waals surface area contributed by atoms with Crippen LogP contribution in [-0.2, 0) is 11.3 Å². The van der Waals surface area contributed by atoms with Gasteiger partial charge in [0.05, 0.1) is 18.3 Å². The van der Waals surface area contributed by atoms with Crippen molar-refractivity contribution >= 4 is 17.2 Å². The minimum atomic E-state index is -0.0993. The first-order chi connectivity index (χ1) is 11.1. The number of thiophene rings is 1. The monoisotopic (exact) mass is 332 g/mol. The van der Waals surface area contributed by atoms with Crippen LogP contribution in [0.15, 0.2) is 23.6 Å². The molecule has 0 aromatic carbocycles. The number of aromatic nitrogens is 2. The Morgan fingerprint density at radius 2 is 2.48 bits per heavy atom. The Hall–Kier alpha value is -1.66. The summed E-state index contributed by atoms with van der Waals surface area (Å²) >= 11 is 1.67. The average molecular weight is 332 g/mol. The van der Waals surface area contributed by atoms with E-state index in [1.54, 1.807) is 11.3 Å². The normalized spacial score (nSPS) is 20.3. The Kier molecular flexibility index (Phi) is 5.13. The Bertz CT molecular complexity index is 637. The van der Waals surface area contributed by atoms with E-state index in [4.69, 9.17) is 0 Å². The quantitative estimate of drug-likeness (QED) is 0.885. The lowest BCUT2D eigenvalue weighted by Crippen LogP contribution is -2.48. The molecule has 0 radical (unpaired) electrons. The number of aryl methyl sites for hydroxylation is 1. The Morgan fingerprint density at radius 3 is 3.17 bits per heavy atom. The van der Waals surface area contributed by atoms with E-state index in [1.807, 2.05) is 31.4 Å². The summed E-state index contributed by atoms with van der Waals surface area (Å²) in [5.74, 6) is 0.526. The molecule has 3 heterocycles. The molecule has 3 rings (SSSR count). The van der Waals surface area contributed by atoms with Crippen LogP contribution in [0.25, 0.3) is 0 Å². The number of amides is 1. The van der Waals surface area contributed by atoms with E-state index in [9.17, 15) is 4.79 Å². The van der Waals surface area contributed by atoms with Gasteiger partial charge in [-0.3, -0.25) is 14.8 Å². The van der Waals surface area contributed by atoms with Crippen LogP contribution in [0.5, 0.6) is 0 Å². The first kappa shape index (κ1) is 16.2. The summed E-state index contributed by atoms with van der Waals surface area (Å²) in [6.07, 6.45) is 2.25. The van der Waals surface area contributed by atoms with Crippen LogP contribution in [0.3, 0.4) is 0 Å². The van der Waals surface area contributed by atoms with Gasteiger partial charge < -0.3 is 5.32 Å². The molecule has 0 saturated carbocycles. The minimum Gasteiger partial charge on any atom is -0.350 e. The van der Waals surface area contributed by atoms with E-state index >= 15 is 0 Å². The number of carbonyl (C=O) groups excluding carboxylic acids is 1. The molecule has 1 amide bonds. The number of nitrogens with one attached hydrogen (secondary N) is 2. The molecule has 2 atom stereocenters. The third-order valence-corrected chi connectivity index (χ3v) is 5.42. The molecule has 1 fully saturated rings.